The first kappa shape index (κ1) is 14.8. The topological polar surface area (TPSA) is 58.6 Å². The summed E-state index contributed by atoms with van der Waals surface area (Å²) in [4.78, 5) is 11.6. The highest BCUT2D eigenvalue weighted by Gasteiger charge is 2.15. The number of nitrogens with one attached hydrogen (secondary N) is 1. The van der Waals surface area contributed by atoms with Crippen LogP contribution in [0.4, 0.5) is 0 Å². The fraction of sp³-hybridized carbons (Fsp3) is 0.462. The number of aliphatic hydroxyl groups excluding tert-OH is 1. The van der Waals surface area contributed by atoms with Crippen molar-refractivity contribution in [2.24, 2.45) is 5.92 Å². The summed E-state index contributed by atoms with van der Waals surface area (Å²) < 4.78 is 5.30. The number of amides is 1. The second-order valence-corrected chi connectivity index (χ2v) is 4.78. The van der Waals surface area contributed by atoms with Gasteiger partial charge in [0.15, 0.2) is 6.61 Å². The molecule has 0 fully saturated rings. The highest BCUT2D eigenvalue weighted by Crippen LogP contribution is 2.15. The maximum Gasteiger partial charge on any atom is 0.258 e. The predicted molar refractivity (Wildman–Crippen MR) is 70.8 cm³/mol. The number of halogens is 1. The van der Waals surface area contributed by atoms with Crippen LogP contribution in [0.3, 0.4) is 0 Å². The molecule has 0 heterocycles. The molecular weight excluding hydrogens is 254 g/mol. The SMILES string of the molecule is CC(C)C(CO)NC(=O)COc1ccc(Cl)cc1. The average molecular weight is 272 g/mol. The predicted octanol–water partition coefficient (Wildman–Crippen LogP) is 1.85. The van der Waals surface area contributed by atoms with E-state index in [4.69, 9.17) is 21.4 Å². The van der Waals surface area contributed by atoms with E-state index in [1.54, 1.807) is 24.3 Å². The molecule has 0 saturated heterocycles. The van der Waals surface area contributed by atoms with Crippen molar-refractivity contribution in [3.8, 4) is 5.75 Å². The Kier molecular flexibility index (Phi) is 5.95. The van der Waals surface area contributed by atoms with Gasteiger partial charge in [-0.1, -0.05) is 25.4 Å². The van der Waals surface area contributed by atoms with Crippen molar-refractivity contribution in [1.29, 1.82) is 0 Å². The van der Waals surface area contributed by atoms with E-state index in [9.17, 15) is 4.79 Å². The molecule has 0 bridgehead atoms. The number of carbonyl (C=O) groups is 1. The summed E-state index contributed by atoms with van der Waals surface area (Å²) in [6.45, 7) is 3.71. The van der Waals surface area contributed by atoms with Crippen LogP contribution < -0.4 is 10.1 Å². The van der Waals surface area contributed by atoms with E-state index in [-0.39, 0.29) is 31.1 Å². The van der Waals surface area contributed by atoms with E-state index in [1.165, 1.54) is 0 Å². The first-order chi connectivity index (χ1) is 8.52. The van der Waals surface area contributed by atoms with E-state index >= 15 is 0 Å². The largest absolute Gasteiger partial charge is 0.484 e. The van der Waals surface area contributed by atoms with Crippen LogP contribution in [0.1, 0.15) is 13.8 Å². The molecule has 1 atom stereocenters. The van der Waals surface area contributed by atoms with Crippen LogP contribution in [0.15, 0.2) is 24.3 Å². The van der Waals surface area contributed by atoms with Crippen molar-refractivity contribution < 1.29 is 14.6 Å². The first-order valence-electron chi connectivity index (χ1n) is 5.81. The first-order valence-corrected chi connectivity index (χ1v) is 6.19. The second kappa shape index (κ2) is 7.24. The van der Waals surface area contributed by atoms with Gasteiger partial charge in [-0.15, -0.1) is 0 Å². The molecule has 0 aromatic heterocycles. The molecule has 0 aliphatic rings. The minimum atomic E-state index is -0.252. The highest BCUT2D eigenvalue weighted by molar-refractivity contribution is 6.30. The summed E-state index contributed by atoms with van der Waals surface area (Å²) >= 11 is 5.73. The van der Waals surface area contributed by atoms with Gasteiger partial charge in [0.05, 0.1) is 12.6 Å². The van der Waals surface area contributed by atoms with Crippen LogP contribution in [0.25, 0.3) is 0 Å². The Bertz CT molecular complexity index is 378. The van der Waals surface area contributed by atoms with Crippen molar-refractivity contribution in [3.05, 3.63) is 29.3 Å². The highest BCUT2D eigenvalue weighted by atomic mass is 35.5. The van der Waals surface area contributed by atoms with Crippen LogP contribution in [0.5, 0.6) is 5.75 Å². The number of hydrogen-bond acceptors (Lipinski definition) is 3. The number of aliphatic hydroxyl groups is 1. The summed E-state index contributed by atoms with van der Waals surface area (Å²) in [7, 11) is 0. The summed E-state index contributed by atoms with van der Waals surface area (Å²) in [5.74, 6) is 0.506. The molecule has 1 amide bonds. The molecule has 1 aromatic carbocycles. The van der Waals surface area contributed by atoms with Crippen molar-refractivity contribution in [3.63, 3.8) is 0 Å². The summed E-state index contributed by atoms with van der Waals surface area (Å²) in [6.07, 6.45) is 0. The third kappa shape index (κ3) is 4.94. The lowest BCUT2D eigenvalue weighted by atomic mass is 10.1. The molecule has 0 aliphatic carbocycles. The van der Waals surface area contributed by atoms with Gasteiger partial charge in [0, 0.05) is 5.02 Å². The Labute approximate surface area is 112 Å². The molecule has 0 radical (unpaired) electrons. The molecule has 5 heteroatoms. The Balaban J connectivity index is 2.39. The van der Waals surface area contributed by atoms with Gasteiger partial charge in [-0.3, -0.25) is 4.79 Å². The molecule has 1 rings (SSSR count). The van der Waals surface area contributed by atoms with Crippen LogP contribution >= 0.6 is 11.6 Å². The van der Waals surface area contributed by atoms with E-state index in [0.29, 0.717) is 10.8 Å². The van der Waals surface area contributed by atoms with E-state index in [0.717, 1.165) is 0 Å². The van der Waals surface area contributed by atoms with Gasteiger partial charge in [-0.2, -0.15) is 0 Å². The number of rotatable bonds is 6. The van der Waals surface area contributed by atoms with E-state index < -0.39 is 0 Å². The molecule has 1 unspecified atom stereocenters. The lowest BCUT2D eigenvalue weighted by Crippen LogP contribution is -2.43. The zero-order valence-electron chi connectivity index (χ0n) is 10.5. The molecule has 0 aliphatic heterocycles. The maximum absolute atomic E-state index is 11.6. The molecule has 4 nitrogen and oxygen atoms in total. The number of carbonyl (C=O) groups excluding carboxylic acids is 1. The maximum atomic E-state index is 11.6. The van der Waals surface area contributed by atoms with Gasteiger partial charge in [0.1, 0.15) is 5.75 Å². The standard InChI is InChI=1S/C13H18ClNO3/c1-9(2)12(7-16)15-13(17)8-18-11-5-3-10(14)4-6-11/h3-6,9,12,16H,7-8H2,1-2H3,(H,15,17). The van der Waals surface area contributed by atoms with Crippen LogP contribution in [-0.4, -0.2) is 30.3 Å². The average Bonchev–Trinajstić information content (AvgIpc) is 2.35. The fourth-order valence-electron chi connectivity index (χ4n) is 1.35. The summed E-state index contributed by atoms with van der Waals surface area (Å²) in [5, 5.41) is 12.4. The third-order valence-electron chi connectivity index (χ3n) is 2.53. The Hall–Kier alpha value is -1.26. The normalized spacial score (nSPS) is 12.3. The van der Waals surface area contributed by atoms with Gasteiger partial charge >= 0.3 is 0 Å². The minimum absolute atomic E-state index is 0.0785. The Morgan fingerprint density at radius 1 is 1.39 bits per heavy atom. The lowest BCUT2D eigenvalue weighted by Gasteiger charge is -2.19. The summed E-state index contributed by atoms with van der Waals surface area (Å²) in [6, 6.07) is 6.54. The number of ether oxygens (including phenoxy) is 1. The van der Waals surface area contributed by atoms with Crippen molar-refractivity contribution in [1.82, 2.24) is 5.32 Å². The molecule has 18 heavy (non-hydrogen) atoms. The molecule has 100 valence electrons. The van der Waals surface area contributed by atoms with Gasteiger partial charge in [0.25, 0.3) is 5.91 Å². The van der Waals surface area contributed by atoms with E-state index in [1.807, 2.05) is 13.8 Å². The van der Waals surface area contributed by atoms with Crippen molar-refractivity contribution in [2.45, 2.75) is 19.9 Å². The van der Waals surface area contributed by atoms with Gasteiger partial charge in [-0.25, -0.2) is 0 Å². The van der Waals surface area contributed by atoms with Gasteiger partial charge < -0.3 is 15.2 Å². The molecule has 1 aromatic rings. The Morgan fingerprint density at radius 3 is 2.50 bits per heavy atom. The number of benzene rings is 1. The van der Waals surface area contributed by atoms with Gasteiger partial charge in [-0.05, 0) is 30.2 Å². The fourth-order valence-corrected chi connectivity index (χ4v) is 1.48. The smallest absolute Gasteiger partial charge is 0.258 e. The van der Waals surface area contributed by atoms with Gasteiger partial charge in [0.2, 0.25) is 0 Å². The molecular formula is C13H18ClNO3. The van der Waals surface area contributed by atoms with Crippen molar-refractivity contribution >= 4 is 17.5 Å². The molecule has 0 spiro atoms. The quantitative estimate of drug-likeness (QED) is 0.830. The van der Waals surface area contributed by atoms with Crippen LogP contribution in [-0.2, 0) is 4.79 Å². The second-order valence-electron chi connectivity index (χ2n) is 4.34. The van der Waals surface area contributed by atoms with Crippen LogP contribution in [0.2, 0.25) is 5.02 Å². The lowest BCUT2D eigenvalue weighted by molar-refractivity contribution is -0.124. The monoisotopic (exact) mass is 271 g/mol. The Morgan fingerprint density at radius 2 is 2.00 bits per heavy atom. The van der Waals surface area contributed by atoms with E-state index in [2.05, 4.69) is 5.32 Å². The van der Waals surface area contributed by atoms with Crippen LogP contribution in [0, 0.1) is 5.92 Å². The zero-order chi connectivity index (χ0) is 13.5. The minimum Gasteiger partial charge on any atom is -0.484 e. The van der Waals surface area contributed by atoms with Crippen molar-refractivity contribution in [2.75, 3.05) is 13.2 Å². The molecule has 2 N–H and O–H groups in total. The molecule has 0 saturated carbocycles. The number of hydrogen-bond donors (Lipinski definition) is 2. The summed E-state index contributed by atoms with van der Waals surface area (Å²) in [5.41, 5.74) is 0. The third-order valence-corrected chi connectivity index (χ3v) is 2.78. The zero-order valence-corrected chi connectivity index (χ0v) is 11.3.